The molecule has 0 spiro atoms. The Labute approximate surface area is 291 Å². The van der Waals surface area contributed by atoms with Crippen molar-refractivity contribution in [2.75, 3.05) is 0 Å². The van der Waals surface area contributed by atoms with Crippen LogP contribution in [-0.4, -0.2) is 19.5 Å². The highest BCUT2D eigenvalue weighted by Gasteiger charge is 2.13. The van der Waals surface area contributed by atoms with Gasteiger partial charge in [-0.15, -0.1) is 0 Å². The van der Waals surface area contributed by atoms with Gasteiger partial charge in [-0.25, -0.2) is 15.0 Å². The Kier molecular flexibility index (Phi) is 7.52. The number of hydrogen-bond acceptors (Lipinski definition) is 3. The van der Waals surface area contributed by atoms with Crippen molar-refractivity contribution in [2.45, 2.75) is 6.42 Å². The molecule has 50 heavy (non-hydrogen) atoms. The van der Waals surface area contributed by atoms with Crippen molar-refractivity contribution in [3.05, 3.63) is 188 Å². The third-order valence-electron chi connectivity index (χ3n) is 9.39. The van der Waals surface area contributed by atoms with Gasteiger partial charge in [0.2, 0.25) is 0 Å². The maximum absolute atomic E-state index is 5.01. The molecule has 1 aliphatic carbocycles. The average molecular weight is 641 g/mol. The lowest BCUT2D eigenvalue weighted by Crippen LogP contribution is -1.99. The third-order valence-corrected chi connectivity index (χ3v) is 9.39. The summed E-state index contributed by atoms with van der Waals surface area (Å²) in [6.45, 7) is 0. The van der Waals surface area contributed by atoms with Gasteiger partial charge in [-0.2, -0.15) is 0 Å². The quantitative estimate of drug-likeness (QED) is 0.182. The van der Waals surface area contributed by atoms with Gasteiger partial charge in [-0.1, -0.05) is 146 Å². The van der Waals surface area contributed by atoms with Crippen LogP contribution in [0.3, 0.4) is 0 Å². The molecule has 0 saturated carbocycles. The number of fused-ring (bicyclic) bond motifs is 2. The SMILES string of the molecule is C1=CCc2c(ncn2-c2ccc(-c3ccc4c(-c5ccc(-c6nc(-c7ccccc7)cc(-c7ccccc7)n6)cc5)cccc4c3)cc2)C=C1. The Morgan fingerprint density at radius 3 is 1.88 bits per heavy atom. The van der Waals surface area contributed by atoms with Gasteiger partial charge in [0.25, 0.3) is 0 Å². The summed E-state index contributed by atoms with van der Waals surface area (Å²) >= 11 is 0. The lowest BCUT2D eigenvalue weighted by molar-refractivity contribution is 0.968. The molecular formula is C46H32N4. The molecule has 8 aromatic rings. The zero-order chi connectivity index (χ0) is 33.3. The molecule has 0 bridgehead atoms. The van der Waals surface area contributed by atoms with E-state index in [1.165, 1.54) is 33.2 Å². The van der Waals surface area contributed by atoms with E-state index >= 15 is 0 Å². The molecule has 0 radical (unpaired) electrons. The number of rotatable bonds is 6. The van der Waals surface area contributed by atoms with Crippen molar-refractivity contribution in [3.63, 3.8) is 0 Å². The van der Waals surface area contributed by atoms with Gasteiger partial charge in [0.05, 0.1) is 22.8 Å². The third kappa shape index (κ3) is 5.63. The fourth-order valence-electron chi connectivity index (χ4n) is 6.78. The van der Waals surface area contributed by atoms with Crippen LogP contribution in [0.25, 0.3) is 78.7 Å². The first-order chi connectivity index (χ1) is 24.8. The summed E-state index contributed by atoms with van der Waals surface area (Å²) < 4.78 is 2.19. The van der Waals surface area contributed by atoms with Crippen molar-refractivity contribution in [3.8, 4) is 61.8 Å². The summed E-state index contributed by atoms with van der Waals surface area (Å²) in [5.74, 6) is 0.711. The predicted octanol–water partition coefficient (Wildman–Crippen LogP) is 11.3. The number of hydrogen-bond donors (Lipinski definition) is 0. The molecule has 236 valence electrons. The number of imidazole rings is 1. The standard InChI is InChI=1S/C46H32N4/c1-4-11-34(12-5-1)43-30-44(35-13-6-2-7-14-35)49-46(48-43)36-21-19-33(20-22-36)40-16-10-15-38-29-37(25-28-41(38)40)32-23-26-39(27-24-32)50-31-47-42-17-8-3-9-18-45(42)50/h1-17,19-31H,18H2. The molecule has 0 aliphatic heterocycles. The molecular weight excluding hydrogens is 609 g/mol. The smallest absolute Gasteiger partial charge is 0.160 e. The highest BCUT2D eigenvalue weighted by Crippen LogP contribution is 2.34. The van der Waals surface area contributed by atoms with Gasteiger partial charge >= 0.3 is 0 Å². The van der Waals surface area contributed by atoms with E-state index in [0.717, 1.165) is 51.4 Å². The highest BCUT2D eigenvalue weighted by atomic mass is 15.1. The molecule has 1 aliphatic rings. The Bertz CT molecular complexity index is 2470. The first-order valence-electron chi connectivity index (χ1n) is 16.9. The van der Waals surface area contributed by atoms with Crippen molar-refractivity contribution in [1.82, 2.24) is 19.5 Å². The van der Waals surface area contributed by atoms with E-state index in [1.807, 2.05) is 42.7 Å². The van der Waals surface area contributed by atoms with Crippen molar-refractivity contribution in [1.29, 1.82) is 0 Å². The predicted molar refractivity (Wildman–Crippen MR) is 206 cm³/mol. The van der Waals surface area contributed by atoms with E-state index in [0.29, 0.717) is 5.82 Å². The Morgan fingerprint density at radius 1 is 0.500 bits per heavy atom. The summed E-state index contributed by atoms with van der Waals surface area (Å²) in [7, 11) is 0. The Balaban J connectivity index is 1.02. The second kappa shape index (κ2) is 12.8. The second-order valence-corrected chi connectivity index (χ2v) is 12.5. The fraction of sp³-hybridized carbons (Fsp3) is 0.0217. The largest absolute Gasteiger partial charge is 0.302 e. The van der Waals surface area contributed by atoms with Crippen LogP contribution in [0.4, 0.5) is 0 Å². The first kappa shape index (κ1) is 29.5. The Hall–Kier alpha value is -6.65. The monoisotopic (exact) mass is 640 g/mol. The molecule has 0 saturated heterocycles. The highest BCUT2D eigenvalue weighted by molar-refractivity contribution is 5.99. The summed E-state index contributed by atoms with van der Waals surface area (Å²) in [6, 6.07) is 53.4. The van der Waals surface area contributed by atoms with Gasteiger partial charge in [-0.3, -0.25) is 0 Å². The normalized spacial score (nSPS) is 12.2. The van der Waals surface area contributed by atoms with Crippen LogP contribution >= 0.6 is 0 Å². The molecule has 0 unspecified atom stereocenters. The molecule has 0 fully saturated rings. The minimum absolute atomic E-state index is 0.711. The minimum Gasteiger partial charge on any atom is -0.302 e. The van der Waals surface area contributed by atoms with Crippen LogP contribution in [0.5, 0.6) is 0 Å². The lowest BCUT2D eigenvalue weighted by atomic mass is 9.94. The van der Waals surface area contributed by atoms with E-state index in [2.05, 4.69) is 149 Å². The maximum Gasteiger partial charge on any atom is 0.160 e. The number of benzene rings is 6. The minimum atomic E-state index is 0.711. The number of allylic oxidation sites excluding steroid dienone is 3. The molecule has 0 N–H and O–H groups in total. The van der Waals surface area contributed by atoms with Crippen molar-refractivity contribution >= 4 is 16.8 Å². The zero-order valence-corrected chi connectivity index (χ0v) is 27.3. The molecule has 0 amide bonds. The van der Waals surface area contributed by atoms with Crippen LogP contribution in [0.2, 0.25) is 0 Å². The summed E-state index contributed by atoms with van der Waals surface area (Å²) in [4.78, 5) is 14.6. The van der Waals surface area contributed by atoms with E-state index < -0.39 is 0 Å². The molecule has 2 heterocycles. The summed E-state index contributed by atoms with van der Waals surface area (Å²) in [6.07, 6.45) is 11.2. The van der Waals surface area contributed by atoms with E-state index in [-0.39, 0.29) is 0 Å². The molecule has 2 aromatic heterocycles. The molecule has 0 atom stereocenters. The van der Waals surface area contributed by atoms with Crippen LogP contribution in [0, 0.1) is 0 Å². The topological polar surface area (TPSA) is 43.6 Å². The number of nitrogens with zero attached hydrogens (tertiary/aromatic N) is 4. The molecule has 9 rings (SSSR count). The van der Waals surface area contributed by atoms with Crippen molar-refractivity contribution in [2.24, 2.45) is 0 Å². The van der Waals surface area contributed by atoms with Gasteiger partial charge in [0.1, 0.15) is 6.33 Å². The number of aromatic nitrogens is 4. The molecule has 6 aromatic carbocycles. The first-order valence-corrected chi connectivity index (χ1v) is 16.9. The fourth-order valence-corrected chi connectivity index (χ4v) is 6.78. The average Bonchev–Trinajstić information content (AvgIpc) is 3.45. The second-order valence-electron chi connectivity index (χ2n) is 12.5. The molecule has 4 nitrogen and oxygen atoms in total. The van der Waals surface area contributed by atoms with E-state index in [1.54, 1.807) is 0 Å². The molecule has 4 heteroatoms. The van der Waals surface area contributed by atoms with Gasteiger partial charge in [0, 0.05) is 28.8 Å². The Morgan fingerprint density at radius 2 is 1.16 bits per heavy atom. The summed E-state index contributed by atoms with van der Waals surface area (Å²) in [5.41, 5.74) is 13.0. The zero-order valence-electron chi connectivity index (χ0n) is 27.3. The van der Waals surface area contributed by atoms with Gasteiger partial charge in [0.15, 0.2) is 5.82 Å². The van der Waals surface area contributed by atoms with Gasteiger partial charge in [-0.05, 0) is 63.4 Å². The van der Waals surface area contributed by atoms with Gasteiger partial charge < -0.3 is 4.57 Å². The van der Waals surface area contributed by atoms with E-state index in [9.17, 15) is 0 Å². The maximum atomic E-state index is 5.01. The lowest BCUT2D eigenvalue weighted by Gasteiger charge is -2.12. The van der Waals surface area contributed by atoms with Crippen LogP contribution in [-0.2, 0) is 6.42 Å². The summed E-state index contributed by atoms with van der Waals surface area (Å²) in [5, 5.41) is 2.43. The van der Waals surface area contributed by atoms with Crippen LogP contribution in [0.1, 0.15) is 11.4 Å². The van der Waals surface area contributed by atoms with Crippen molar-refractivity contribution < 1.29 is 0 Å². The van der Waals surface area contributed by atoms with E-state index in [4.69, 9.17) is 9.97 Å². The van der Waals surface area contributed by atoms with Crippen LogP contribution < -0.4 is 0 Å². The van der Waals surface area contributed by atoms with Crippen LogP contribution in [0.15, 0.2) is 176 Å².